The number of aliphatic hydroxyl groups is 1. The van der Waals surface area contributed by atoms with Gasteiger partial charge in [0, 0.05) is 12.8 Å². The van der Waals surface area contributed by atoms with E-state index in [1.807, 2.05) is 12.2 Å². The average Bonchev–Trinajstić information content (AvgIpc) is 3.23. The van der Waals surface area contributed by atoms with E-state index >= 15 is 0 Å². The molecule has 61 heavy (non-hydrogen) atoms. The number of nitrogens with two attached hydrogens (primary N) is 1. The number of aliphatic hydroxyl groups excluding tert-OH is 1. The van der Waals surface area contributed by atoms with Gasteiger partial charge in [-0.3, -0.25) is 23.4 Å². The van der Waals surface area contributed by atoms with E-state index in [4.69, 9.17) is 24.8 Å². The third kappa shape index (κ3) is 42.5. The highest BCUT2D eigenvalue weighted by Crippen LogP contribution is 2.43. The number of hydrogen-bond donors (Lipinski definition) is 4. The Morgan fingerprint density at radius 1 is 0.590 bits per heavy atom. The summed E-state index contributed by atoms with van der Waals surface area (Å²) in [6, 6.07) is -1.55. The average molecular weight is 884 g/mol. The van der Waals surface area contributed by atoms with Crippen molar-refractivity contribution in [1.82, 2.24) is 0 Å². The fraction of sp³-hybridized carbons (Fsp3) is 0.771. The Morgan fingerprint density at radius 3 is 1.62 bits per heavy atom. The zero-order valence-electron chi connectivity index (χ0n) is 38.1. The molecule has 0 aromatic heterocycles. The molecule has 0 saturated heterocycles. The summed E-state index contributed by atoms with van der Waals surface area (Å²) in [7, 11) is -4.77. The van der Waals surface area contributed by atoms with Crippen molar-refractivity contribution in [3.63, 3.8) is 0 Å². The number of carbonyl (C=O) groups excluding carboxylic acids is 2. The van der Waals surface area contributed by atoms with Gasteiger partial charge in [0.1, 0.15) is 12.6 Å². The van der Waals surface area contributed by atoms with Gasteiger partial charge >= 0.3 is 25.7 Å². The summed E-state index contributed by atoms with van der Waals surface area (Å²) < 4.78 is 32.6. The molecule has 4 atom stereocenters. The van der Waals surface area contributed by atoms with Crippen LogP contribution in [0.2, 0.25) is 0 Å². The maximum atomic E-state index is 12.7. The minimum Gasteiger partial charge on any atom is -0.480 e. The van der Waals surface area contributed by atoms with E-state index in [9.17, 15) is 28.9 Å². The van der Waals surface area contributed by atoms with Gasteiger partial charge in [-0.2, -0.15) is 0 Å². The molecule has 0 spiro atoms. The first kappa shape index (κ1) is 58.4. The second-order valence-corrected chi connectivity index (χ2v) is 17.5. The van der Waals surface area contributed by atoms with Gasteiger partial charge in [-0.1, -0.05) is 191 Å². The zero-order chi connectivity index (χ0) is 45.1. The number of carbonyl (C=O) groups is 3. The zero-order valence-corrected chi connectivity index (χ0v) is 39.0. The minimum absolute atomic E-state index is 0.0663. The molecule has 0 aliphatic heterocycles. The molecular formula is C48H86NO11P. The summed E-state index contributed by atoms with van der Waals surface area (Å²) in [5.41, 5.74) is 5.33. The number of aliphatic carboxylic acids is 1. The van der Waals surface area contributed by atoms with E-state index in [0.717, 1.165) is 38.5 Å². The van der Waals surface area contributed by atoms with Crippen LogP contribution in [-0.2, 0) is 37.5 Å². The maximum Gasteiger partial charge on any atom is 0.472 e. The standard InChI is InChI=1S/C48H86NO11P/c1-3-5-7-9-11-13-15-17-18-19-20-21-22-24-26-28-30-32-34-38-46(51)57-40-44(41-58-61(55,56)59-42-45(49)48(53)54)60-47(52)39-35-37-43(50)36-33-31-29-27-25-23-16-14-12-10-8-6-4-2/h12,14,23,25,29,31,33,36,43-45,50H,3-11,13,15-22,24,26-28,30,32,34-35,37-42,49H2,1-2H3,(H,53,54)(H,55,56)/b14-12-,25-23-,31-29-,36-33+/t43-,44+,45-/m0/s1. The normalized spacial score (nSPS) is 14.6. The molecule has 13 heteroatoms. The first-order valence-corrected chi connectivity index (χ1v) is 25.3. The van der Waals surface area contributed by atoms with Crippen molar-refractivity contribution in [1.29, 1.82) is 0 Å². The van der Waals surface area contributed by atoms with Crippen molar-refractivity contribution in [3.05, 3.63) is 48.6 Å². The van der Waals surface area contributed by atoms with Crippen LogP contribution in [0.3, 0.4) is 0 Å². The molecule has 0 aromatic carbocycles. The summed E-state index contributed by atoms with van der Waals surface area (Å²) in [6.45, 7) is 2.60. The molecule has 1 unspecified atom stereocenters. The number of carboxylic acid groups (broad SMARTS) is 1. The number of allylic oxidation sites excluding steroid dienone is 7. The second kappa shape index (κ2) is 42.7. The Labute approximate surface area is 369 Å². The summed E-state index contributed by atoms with van der Waals surface area (Å²) >= 11 is 0. The Balaban J connectivity index is 4.46. The molecule has 12 nitrogen and oxygen atoms in total. The Kier molecular flexibility index (Phi) is 40.9. The lowest BCUT2D eigenvalue weighted by Crippen LogP contribution is -2.34. The van der Waals surface area contributed by atoms with Crippen LogP contribution in [0.25, 0.3) is 0 Å². The number of rotatable bonds is 44. The predicted octanol–water partition coefficient (Wildman–Crippen LogP) is 11.9. The topological polar surface area (TPSA) is 192 Å². The summed E-state index contributed by atoms with van der Waals surface area (Å²) in [6.07, 6.45) is 44.9. The number of phosphoric acid groups is 1. The van der Waals surface area contributed by atoms with Gasteiger partial charge < -0.3 is 30.3 Å². The molecule has 0 amide bonds. The van der Waals surface area contributed by atoms with Gasteiger partial charge in [0.15, 0.2) is 6.10 Å². The lowest BCUT2D eigenvalue weighted by atomic mass is 10.0. The number of carboxylic acids is 1. The van der Waals surface area contributed by atoms with Crippen molar-refractivity contribution in [2.75, 3.05) is 19.8 Å². The maximum absolute atomic E-state index is 12.7. The number of hydrogen-bond acceptors (Lipinski definition) is 10. The SMILES string of the molecule is CCCCC/C=C\C/C=C\C/C=C\C=C\[C@H](O)CCCC(=O)O[C@H](COC(=O)CCCCCCCCCCCCCCCCCCCCC)COP(=O)(O)OC[C@H](N)C(=O)O. The van der Waals surface area contributed by atoms with Crippen LogP contribution in [0, 0.1) is 0 Å². The molecule has 0 bridgehead atoms. The molecule has 0 aliphatic carbocycles. The van der Waals surface area contributed by atoms with Crippen LogP contribution in [0.4, 0.5) is 0 Å². The van der Waals surface area contributed by atoms with Crippen LogP contribution < -0.4 is 5.73 Å². The number of ether oxygens (including phenoxy) is 2. The van der Waals surface area contributed by atoms with Gasteiger partial charge in [-0.25, -0.2) is 4.57 Å². The molecule has 354 valence electrons. The van der Waals surface area contributed by atoms with Crippen molar-refractivity contribution in [2.24, 2.45) is 5.73 Å². The van der Waals surface area contributed by atoms with Gasteiger partial charge in [0.05, 0.1) is 19.3 Å². The van der Waals surface area contributed by atoms with Gasteiger partial charge in [0.2, 0.25) is 0 Å². The van der Waals surface area contributed by atoms with Crippen LogP contribution in [-0.4, -0.2) is 71.1 Å². The van der Waals surface area contributed by atoms with E-state index in [2.05, 4.69) is 42.7 Å². The highest BCUT2D eigenvalue weighted by atomic mass is 31.2. The quantitative estimate of drug-likeness (QED) is 0.0149. The molecule has 0 radical (unpaired) electrons. The monoisotopic (exact) mass is 884 g/mol. The number of phosphoric ester groups is 1. The predicted molar refractivity (Wildman–Crippen MR) is 246 cm³/mol. The smallest absolute Gasteiger partial charge is 0.472 e. The fourth-order valence-electron chi connectivity index (χ4n) is 6.40. The molecule has 5 N–H and O–H groups in total. The third-order valence-corrected chi connectivity index (χ3v) is 11.1. The lowest BCUT2D eigenvalue weighted by Gasteiger charge is -2.20. The van der Waals surface area contributed by atoms with E-state index in [1.165, 1.54) is 116 Å². The highest BCUT2D eigenvalue weighted by molar-refractivity contribution is 7.47. The van der Waals surface area contributed by atoms with Crippen LogP contribution in [0.5, 0.6) is 0 Å². The highest BCUT2D eigenvalue weighted by Gasteiger charge is 2.28. The molecule has 0 rings (SSSR count). The van der Waals surface area contributed by atoms with Crippen LogP contribution in [0.15, 0.2) is 48.6 Å². The first-order valence-electron chi connectivity index (χ1n) is 23.8. The van der Waals surface area contributed by atoms with Crippen molar-refractivity contribution in [3.8, 4) is 0 Å². The van der Waals surface area contributed by atoms with E-state index < -0.39 is 63.8 Å². The van der Waals surface area contributed by atoms with Crippen LogP contribution >= 0.6 is 7.82 Å². The van der Waals surface area contributed by atoms with Crippen molar-refractivity contribution >= 4 is 25.7 Å². The third-order valence-electron chi connectivity index (χ3n) is 10.2. The van der Waals surface area contributed by atoms with Crippen LogP contribution in [0.1, 0.15) is 200 Å². The Hall–Kier alpha value is -2.60. The molecule has 0 heterocycles. The van der Waals surface area contributed by atoms with E-state index in [-0.39, 0.29) is 12.8 Å². The van der Waals surface area contributed by atoms with Gasteiger partial charge in [0.25, 0.3) is 0 Å². The minimum atomic E-state index is -4.77. The van der Waals surface area contributed by atoms with E-state index in [0.29, 0.717) is 19.3 Å². The molecule has 0 fully saturated rings. The Bertz CT molecular complexity index is 1240. The summed E-state index contributed by atoms with van der Waals surface area (Å²) in [5.74, 6) is -2.60. The lowest BCUT2D eigenvalue weighted by molar-refractivity contribution is -0.161. The largest absolute Gasteiger partial charge is 0.480 e. The molecule has 0 aliphatic rings. The first-order chi connectivity index (χ1) is 29.5. The van der Waals surface area contributed by atoms with Crippen molar-refractivity contribution < 1.29 is 52.6 Å². The van der Waals surface area contributed by atoms with Crippen molar-refractivity contribution in [2.45, 2.75) is 218 Å². The molecule has 0 aromatic rings. The number of esters is 2. The summed E-state index contributed by atoms with van der Waals surface area (Å²) in [4.78, 5) is 46.1. The second-order valence-electron chi connectivity index (χ2n) is 16.1. The van der Waals surface area contributed by atoms with E-state index in [1.54, 1.807) is 12.2 Å². The number of unbranched alkanes of at least 4 members (excludes halogenated alkanes) is 21. The Morgan fingerprint density at radius 2 is 1.07 bits per heavy atom. The molecular weight excluding hydrogens is 797 g/mol. The van der Waals surface area contributed by atoms with Gasteiger partial charge in [-0.05, 0) is 44.9 Å². The van der Waals surface area contributed by atoms with Gasteiger partial charge in [-0.15, -0.1) is 0 Å². The molecule has 0 saturated carbocycles. The fourth-order valence-corrected chi connectivity index (χ4v) is 7.18. The summed E-state index contributed by atoms with van der Waals surface area (Å²) in [5, 5.41) is 19.2.